The lowest BCUT2D eigenvalue weighted by atomic mass is 9.49. The first kappa shape index (κ1) is 30.7. The summed E-state index contributed by atoms with van der Waals surface area (Å²) in [5.41, 5.74) is 4.36. The number of fused-ring (bicyclic) bond motifs is 4. The monoisotopic (exact) mass is 633 g/mol. The van der Waals surface area contributed by atoms with Crippen molar-refractivity contribution in [1.82, 2.24) is 9.91 Å². The Hall–Kier alpha value is -4.92. The molecule has 0 aromatic heterocycles. The maximum absolute atomic E-state index is 15.2. The minimum atomic E-state index is -1.47. The number of rotatable bonds is 5. The number of ether oxygens (including phenoxy) is 1. The van der Waals surface area contributed by atoms with E-state index in [9.17, 15) is 19.5 Å². The van der Waals surface area contributed by atoms with Gasteiger partial charge in [-0.15, -0.1) is 0 Å². The van der Waals surface area contributed by atoms with Gasteiger partial charge in [-0.25, -0.2) is 0 Å². The Bertz CT molecular complexity index is 1830. The maximum atomic E-state index is 15.2. The van der Waals surface area contributed by atoms with Crippen molar-refractivity contribution in [3.63, 3.8) is 0 Å². The quantitative estimate of drug-likeness (QED) is 0.282. The van der Waals surface area contributed by atoms with Crippen molar-refractivity contribution in [3.8, 4) is 11.5 Å². The molecule has 7 rings (SSSR count). The molecule has 4 amide bonds. The number of phenols is 1. The van der Waals surface area contributed by atoms with Crippen LogP contribution in [-0.2, 0) is 24.6 Å². The number of nitrogens with one attached hydrogen (secondary N) is 1. The molecule has 2 aliphatic heterocycles. The van der Waals surface area contributed by atoms with E-state index in [-0.39, 0.29) is 29.7 Å². The van der Waals surface area contributed by atoms with Crippen molar-refractivity contribution >= 4 is 29.3 Å². The van der Waals surface area contributed by atoms with Gasteiger partial charge in [0, 0.05) is 17.0 Å². The first-order valence-corrected chi connectivity index (χ1v) is 16.1. The number of hydrogen-bond donors (Lipinski definition) is 2. The Morgan fingerprint density at radius 1 is 0.872 bits per heavy atom. The van der Waals surface area contributed by atoms with Crippen molar-refractivity contribution in [2.75, 3.05) is 12.5 Å². The third-order valence-electron chi connectivity index (χ3n) is 10.6. The molecule has 47 heavy (non-hydrogen) atoms. The van der Waals surface area contributed by atoms with E-state index < -0.39 is 52.4 Å². The van der Waals surface area contributed by atoms with Gasteiger partial charge in [0.2, 0.25) is 11.8 Å². The summed E-state index contributed by atoms with van der Waals surface area (Å²) in [4.78, 5) is 59.2. The van der Waals surface area contributed by atoms with Gasteiger partial charge in [-0.3, -0.25) is 29.5 Å². The first-order chi connectivity index (χ1) is 22.4. The third-order valence-corrected chi connectivity index (χ3v) is 10.6. The highest BCUT2D eigenvalue weighted by Gasteiger charge is 2.71. The number of hydrogen-bond acceptors (Lipinski definition) is 7. The van der Waals surface area contributed by atoms with Gasteiger partial charge in [-0.1, -0.05) is 71.8 Å². The SMILES string of the molecule is COc1cccc(C2C3=CCC4C(=O)N(C(C)(C)C)C(=O)C4C3CC3C(=O)N(Nc4ccc(C)cc4)C(=O)C32c2ccccc2)c1O. The van der Waals surface area contributed by atoms with Crippen molar-refractivity contribution in [3.05, 3.63) is 101 Å². The molecule has 9 heteroatoms. The van der Waals surface area contributed by atoms with Crippen LogP contribution in [0.2, 0.25) is 0 Å². The number of carbonyl (C=O) groups excluding carboxylic acids is 4. The summed E-state index contributed by atoms with van der Waals surface area (Å²) in [6.07, 6.45) is 2.50. The number of anilines is 1. The molecule has 2 aliphatic carbocycles. The molecule has 1 saturated carbocycles. The standard InChI is InChI=1S/C38H39N3O6/c1-21-14-16-23(17-15-21)39-41-34(44)28-20-27-24(18-19-25-30(27)35(45)40(33(25)43)37(2,3)4)31(26-12-9-13-29(47-5)32(26)42)38(28,36(41)46)22-10-7-6-8-11-22/h6-18,25,27-28,30-31,39,42H,19-20H2,1-5H3. The molecule has 0 radical (unpaired) electrons. The highest BCUT2D eigenvalue weighted by Crippen LogP contribution is 2.65. The number of nitrogens with zero attached hydrogens (tertiary/aromatic N) is 2. The molecule has 9 nitrogen and oxygen atoms in total. The molecule has 2 saturated heterocycles. The Balaban J connectivity index is 1.47. The minimum absolute atomic E-state index is 0.131. The molecule has 2 N–H and O–H groups in total. The summed E-state index contributed by atoms with van der Waals surface area (Å²) in [6.45, 7) is 7.50. The summed E-state index contributed by atoms with van der Waals surface area (Å²) in [5, 5.41) is 12.8. The van der Waals surface area contributed by atoms with Crippen molar-refractivity contribution in [1.29, 1.82) is 0 Å². The zero-order valence-corrected chi connectivity index (χ0v) is 27.2. The van der Waals surface area contributed by atoms with Crippen molar-refractivity contribution < 1.29 is 29.0 Å². The number of aromatic hydroxyl groups is 1. The van der Waals surface area contributed by atoms with E-state index in [1.165, 1.54) is 12.0 Å². The van der Waals surface area contributed by atoms with Crippen LogP contribution in [-0.4, -0.2) is 51.3 Å². The lowest BCUT2D eigenvalue weighted by Crippen LogP contribution is -2.53. The van der Waals surface area contributed by atoms with Gasteiger partial charge in [-0.2, -0.15) is 5.01 Å². The van der Waals surface area contributed by atoms with Crippen LogP contribution in [0.15, 0.2) is 84.4 Å². The molecule has 0 spiro atoms. The van der Waals surface area contributed by atoms with Gasteiger partial charge in [0.25, 0.3) is 11.8 Å². The number of benzene rings is 3. The fourth-order valence-electron chi connectivity index (χ4n) is 8.69. The molecule has 6 atom stereocenters. The van der Waals surface area contributed by atoms with E-state index in [4.69, 9.17) is 4.74 Å². The average molecular weight is 634 g/mol. The van der Waals surface area contributed by atoms with Crippen molar-refractivity contribution in [2.45, 2.75) is 57.4 Å². The van der Waals surface area contributed by atoms with E-state index in [0.29, 0.717) is 23.2 Å². The number of aryl methyl sites for hydroxylation is 1. The summed E-state index contributed by atoms with van der Waals surface area (Å²) in [7, 11) is 1.46. The van der Waals surface area contributed by atoms with Crippen LogP contribution in [0.1, 0.15) is 56.2 Å². The second kappa shape index (κ2) is 10.8. The van der Waals surface area contributed by atoms with E-state index >= 15 is 4.79 Å². The lowest BCUT2D eigenvalue weighted by molar-refractivity contribution is -0.146. The lowest BCUT2D eigenvalue weighted by Gasteiger charge is -2.50. The van der Waals surface area contributed by atoms with Gasteiger partial charge >= 0.3 is 0 Å². The van der Waals surface area contributed by atoms with Gasteiger partial charge in [0.05, 0.1) is 36.0 Å². The Morgan fingerprint density at radius 2 is 1.57 bits per heavy atom. The number of hydrazine groups is 1. The third kappa shape index (κ3) is 4.35. The molecular weight excluding hydrogens is 594 g/mol. The molecule has 3 aromatic rings. The highest BCUT2D eigenvalue weighted by molar-refractivity contribution is 6.13. The fraction of sp³-hybridized carbons (Fsp3) is 0.368. The van der Waals surface area contributed by atoms with E-state index in [2.05, 4.69) is 5.43 Å². The molecule has 4 aliphatic rings. The molecule has 3 fully saturated rings. The maximum Gasteiger partial charge on any atom is 0.260 e. The number of methoxy groups -OCH3 is 1. The number of likely N-dealkylation sites (tertiary alicyclic amines) is 1. The minimum Gasteiger partial charge on any atom is -0.504 e. The van der Waals surface area contributed by atoms with E-state index in [1.807, 2.05) is 88.4 Å². The Labute approximate surface area is 274 Å². The Morgan fingerprint density at radius 3 is 2.23 bits per heavy atom. The van der Waals surface area contributed by atoms with Gasteiger partial charge < -0.3 is 9.84 Å². The second-order valence-corrected chi connectivity index (χ2v) is 14.2. The molecular formula is C38H39N3O6. The summed E-state index contributed by atoms with van der Waals surface area (Å²) in [5.74, 6) is -4.72. The van der Waals surface area contributed by atoms with Crippen LogP contribution >= 0.6 is 0 Å². The second-order valence-electron chi connectivity index (χ2n) is 14.2. The molecule has 6 unspecified atom stereocenters. The van der Waals surface area contributed by atoms with Crippen LogP contribution in [0.5, 0.6) is 11.5 Å². The molecule has 242 valence electrons. The number of para-hydroxylation sites is 1. The number of amides is 4. The normalized spacial score (nSPS) is 28.5. The summed E-state index contributed by atoms with van der Waals surface area (Å²) < 4.78 is 5.52. The van der Waals surface area contributed by atoms with Crippen LogP contribution < -0.4 is 10.2 Å². The van der Waals surface area contributed by atoms with Gasteiger partial charge in [0.15, 0.2) is 11.5 Å². The predicted molar refractivity (Wildman–Crippen MR) is 175 cm³/mol. The first-order valence-electron chi connectivity index (χ1n) is 16.1. The summed E-state index contributed by atoms with van der Waals surface area (Å²) in [6, 6.07) is 21.8. The fourth-order valence-corrected chi connectivity index (χ4v) is 8.69. The predicted octanol–water partition coefficient (Wildman–Crippen LogP) is 5.49. The molecule has 2 heterocycles. The topological polar surface area (TPSA) is 116 Å². The van der Waals surface area contributed by atoms with E-state index in [1.54, 1.807) is 18.2 Å². The van der Waals surface area contributed by atoms with Crippen LogP contribution in [0.25, 0.3) is 0 Å². The van der Waals surface area contributed by atoms with Crippen molar-refractivity contribution in [2.24, 2.45) is 23.7 Å². The number of phenolic OH excluding ortho intramolecular Hbond substituents is 1. The number of imide groups is 2. The van der Waals surface area contributed by atoms with Crippen LogP contribution in [0.4, 0.5) is 5.69 Å². The van der Waals surface area contributed by atoms with Crippen LogP contribution in [0.3, 0.4) is 0 Å². The average Bonchev–Trinajstić information content (AvgIpc) is 3.44. The molecule has 3 aromatic carbocycles. The zero-order valence-electron chi connectivity index (χ0n) is 27.2. The van der Waals surface area contributed by atoms with Crippen LogP contribution in [0, 0.1) is 30.6 Å². The zero-order chi connectivity index (χ0) is 33.4. The van der Waals surface area contributed by atoms with Gasteiger partial charge in [-0.05, 0) is 70.2 Å². The summed E-state index contributed by atoms with van der Waals surface area (Å²) >= 11 is 0. The van der Waals surface area contributed by atoms with E-state index in [0.717, 1.165) is 16.1 Å². The highest BCUT2D eigenvalue weighted by atomic mass is 16.5. The smallest absolute Gasteiger partial charge is 0.260 e. The number of allylic oxidation sites excluding steroid dienone is 2. The number of carbonyl (C=O) groups is 4. The Kier molecular flexibility index (Phi) is 7.07. The molecule has 0 bridgehead atoms. The largest absolute Gasteiger partial charge is 0.504 e. The van der Waals surface area contributed by atoms with Gasteiger partial charge in [0.1, 0.15) is 0 Å².